The molecule has 1 aromatic heterocycles. The van der Waals surface area contributed by atoms with Crippen molar-refractivity contribution in [2.24, 2.45) is 0 Å². The zero-order chi connectivity index (χ0) is 16.4. The summed E-state index contributed by atoms with van der Waals surface area (Å²) in [5, 5.41) is 6.50. The number of nitrogens with zero attached hydrogens (tertiary/aromatic N) is 1. The molecule has 118 valence electrons. The minimum absolute atomic E-state index is 0.122. The smallest absolute Gasteiger partial charge is 0.261 e. The van der Waals surface area contributed by atoms with Gasteiger partial charge >= 0.3 is 0 Å². The number of nitrogens with one attached hydrogen (secondary N) is 1. The lowest BCUT2D eigenvalue weighted by Gasteiger charge is -2.13. The van der Waals surface area contributed by atoms with Gasteiger partial charge in [0.1, 0.15) is 0 Å². The van der Waals surface area contributed by atoms with Crippen molar-refractivity contribution in [3.63, 3.8) is 0 Å². The first-order valence-electron chi connectivity index (χ1n) is 7.04. The summed E-state index contributed by atoms with van der Waals surface area (Å²) in [5.74, 6) is -0.719. The fourth-order valence-corrected chi connectivity index (χ4v) is 3.37. The predicted octanol–water partition coefficient (Wildman–Crippen LogP) is 3.53. The van der Waals surface area contributed by atoms with E-state index in [9.17, 15) is 14.4 Å². The van der Waals surface area contributed by atoms with E-state index in [1.165, 1.54) is 16.2 Å². The predicted molar refractivity (Wildman–Crippen MR) is 91.7 cm³/mol. The Morgan fingerprint density at radius 1 is 1.17 bits per heavy atom. The summed E-state index contributed by atoms with van der Waals surface area (Å²) in [5.41, 5.74) is 1.60. The molecule has 3 rings (SSSR count). The van der Waals surface area contributed by atoms with Crippen LogP contribution in [-0.2, 0) is 4.79 Å². The zero-order valence-electron chi connectivity index (χ0n) is 12.0. The average molecular weight is 393 g/mol. The van der Waals surface area contributed by atoms with Gasteiger partial charge in [0, 0.05) is 22.8 Å². The van der Waals surface area contributed by atoms with E-state index >= 15 is 0 Å². The third-order valence-electron chi connectivity index (χ3n) is 3.52. The molecule has 0 saturated carbocycles. The maximum atomic E-state index is 12.3. The zero-order valence-corrected chi connectivity index (χ0v) is 14.4. The van der Waals surface area contributed by atoms with Crippen LogP contribution in [0.2, 0.25) is 0 Å². The van der Waals surface area contributed by atoms with Crippen LogP contribution in [0.1, 0.15) is 33.6 Å². The van der Waals surface area contributed by atoms with E-state index in [0.29, 0.717) is 17.5 Å². The Morgan fingerprint density at radius 2 is 1.96 bits per heavy atom. The minimum atomic E-state index is -0.301. The lowest BCUT2D eigenvalue weighted by Crippen LogP contribution is -2.31. The lowest BCUT2D eigenvalue weighted by molar-refractivity contribution is -0.116. The van der Waals surface area contributed by atoms with Crippen LogP contribution in [0.15, 0.2) is 39.5 Å². The summed E-state index contributed by atoms with van der Waals surface area (Å²) < 4.78 is 0.759. The van der Waals surface area contributed by atoms with Gasteiger partial charge in [-0.3, -0.25) is 19.3 Å². The van der Waals surface area contributed by atoms with Crippen LogP contribution < -0.4 is 5.32 Å². The molecule has 2 aromatic rings. The van der Waals surface area contributed by atoms with Gasteiger partial charge in [-0.1, -0.05) is 15.9 Å². The number of imide groups is 1. The molecule has 0 radical (unpaired) electrons. The second kappa shape index (κ2) is 6.64. The largest absolute Gasteiger partial charge is 0.325 e. The minimum Gasteiger partial charge on any atom is -0.325 e. The van der Waals surface area contributed by atoms with Crippen molar-refractivity contribution in [2.45, 2.75) is 12.8 Å². The first-order chi connectivity index (χ1) is 11.1. The van der Waals surface area contributed by atoms with E-state index in [2.05, 4.69) is 21.2 Å². The van der Waals surface area contributed by atoms with Crippen LogP contribution in [0, 0.1) is 0 Å². The monoisotopic (exact) mass is 392 g/mol. The van der Waals surface area contributed by atoms with Crippen molar-refractivity contribution in [2.75, 3.05) is 11.9 Å². The van der Waals surface area contributed by atoms with E-state index in [4.69, 9.17) is 0 Å². The van der Waals surface area contributed by atoms with E-state index in [1.807, 2.05) is 16.8 Å². The number of halogens is 1. The number of thiophene rings is 1. The molecule has 1 aromatic carbocycles. The second-order valence-electron chi connectivity index (χ2n) is 5.12. The van der Waals surface area contributed by atoms with E-state index in [-0.39, 0.29) is 30.7 Å². The molecule has 0 spiro atoms. The van der Waals surface area contributed by atoms with Gasteiger partial charge in [-0.15, -0.1) is 0 Å². The number of fused-ring (bicyclic) bond motifs is 1. The quantitative estimate of drug-likeness (QED) is 0.791. The van der Waals surface area contributed by atoms with Crippen molar-refractivity contribution in [3.8, 4) is 0 Å². The van der Waals surface area contributed by atoms with Crippen molar-refractivity contribution >= 4 is 50.7 Å². The Labute approximate surface area is 145 Å². The summed E-state index contributed by atoms with van der Waals surface area (Å²) >= 11 is 4.80. The van der Waals surface area contributed by atoms with E-state index in [1.54, 1.807) is 18.2 Å². The Hall–Kier alpha value is -1.99. The van der Waals surface area contributed by atoms with Gasteiger partial charge < -0.3 is 5.32 Å². The van der Waals surface area contributed by atoms with Gasteiger partial charge in [0.15, 0.2) is 0 Å². The highest BCUT2D eigenvalue weighted by molar-refractivity contribution is 9.10. The summed E-state index contributed by atoms with van der Waals surface area (Å²) in [6.07, 6.45) is 0.690. The SMILES string of the molecule is O=C(CCCN1C(=O)c2ccc(Br)cc2C1=O)Nc1ccsc1. The van der Waals surface area contributed by atoms with Gasteiger partial charge in [0.2, 0.25) is 5.91 Å². The number of hydrogen-bond donors (Lipinski definition) is 1. The lowest BCUT2D eigenvalue weighted by atomic mass is 10.1. The number of rotatable bonds is 5. The first kappa shape index (κ1) is 15.9. The normalized spacial score (nSPS) is 13.3. The van der Waals surface area contributed by atoms with Crippen molar-refractivity contribution < 1.29 is 14.4 Å². The fourth-order valence-electron chi connectivity index (χ4n) is 2.42. The van der Waals surface area contributed by atoms with Gasteiger partial charge in [0.05, 0.1) is 16.8 Å². The molecule has 5 nitrogen and oxygen atoms in total. The Morgan fingerprint density at radius 3 is 2.70 bits per heavy atom. The van der Waals surface area contributed by atoms with Crippen molar-refractivity contribution in [1.82, 2.24) is 4.90 Å². The fraction of sp³-hybridized carbons (Fsp3) is 0.188. The number of carbonyl (C=O) groups is 3. The van der Waals surface area contributed by atoms with Gasteiger partial charge in [0.25, 0.3) is 11.8 Å². The molecule has 1 aliphatic rings. The number of amides is 3. The molecule has 3 amide bonds. The molecule has 23 heavy (non-hydrogen) atoms. The van der Waals surface area contributed by atoms with Crippen LogP contribution >= 0.6 is 27.3 Å². The first-order valence-corrected chi connectivity index (χ1v) is 8.77. The standard InChI is InChI=1S/C16H13BrN2O3S/c17-10-3-4-12-13(8-10)16(22)19(15(12)21)6-1-2-14(20)18-11-5-7-23-9-11/h3-5,7-9H,1-2,6H2,(H,18,20). The number of anilines is 1. The summed E-state index contributed by atoms with van der Waals surface area (Å²) in [7, 11) is 0. The van der Waals surface area contributed by atoms with Crippen molar-refractivity contribution in [1.29, 1.82) is 0 Å². The number of benzene rings is 1. The molecule has 2 heterocycles. The molecule has 0 bridgehead atoms. The molecule has 1 aliphatic heterocycles. The van der Waals surface area contributed by atoms with Crippen LogP contribution in [0.5, 0.6) is 0 Å². The Balaban J connectivity index is 1.56. The molecule has 0 unspecified atom stereocenters. The van der Waals surface area contributed by atoms with Crippen LogP contribution in [0.25, 0.3) is 0 Å². The molecule has 0 atom stereocenters. The highest BCUT2D eigenvalue weighted by atomic mass is 79.9. The molecule has 1 N–H and O–H groups in total. The maximum Gasteiger partial charge on any atom is 0.261 e. The van der Waals surface area contributed by atoms with Crippen LogP contribution in [0.4, 0.5) is 5.69 Å². The molecule has 0 aliphatic carbocycles. The summed E-state index contributed by atoms with van der Waals surface area (Å²) in [6.45, 7) is 0.237. The molecule has 0 fully saturated rings. The van der Waals surface area contributed by atoms with Gasteiger partial charge in [-0.25, -0.2) is 0 Å². The molecular weight excluding hydrogens is 380 g/mol. The number of hydrogen-bond acceptors (Lipinski definition) is 4. The molecular formula is C16H13BrN2O3S. The van der Waals surface area contributed by atoms with Gasteiger partial charge in [-0.05, 0) is 36.1 Å². The summed E-state index contributed by atoms with van der Waals surface area (Å²) in [4.78, 5) is 37.5. The van der Waals surface area contributed by atoms with Gasteiger partial charge in [-0.2, -0.15) is 11.3 Å². The van der Waals surface area contributed by atoms with E-state index < -0.39 is 0 Å². The second-order valence-corrected chi connectivity index (χ2v) is 6.81. The van der Waals surface area contributed by atoms with Crippen LogP contribution in [0.3, 0.4) is 0 Å². The highest BCUT2D eigenvalue weighted by Crippen LogP contribution is 2.26. The molecule has 7 heteroatoms. The number of carbonyl (C=O) groups excluding carboxylic acids is 3. The average Bonchev–Trinajstić information content (AvgIpc) is 3.10. The summed E-state index contributed by atoms with van der Waals surface area (Å²) in [6, 6.07) is 6.86. The van der Waals surface area contributed by atoms with Crippen molar-refractivity contribution in [3.05, 3.63) is 50.6 Å². The van der Waals surface area contributed by atoms with Crippen LogP contribution in [-0.4, -0.2) is 29.2 Å². The maximum absolute atomic E-state index is 12.3. The highest BCUT2D eigenvalue weighted by Gasteiger charge is 2.35. The van der Waals surface area contributed by atoms with E-state index in [0.717, 1.165) is 10.2 Å². The Bertz CT molecular complexity index is 774. The third-order valence-corrected chi connectivity index (χ3v) is 4.70. The topological polar surface area (TPSA) is 66.5 Å². The molecule has 0 saturated heterocycles. The Kier molecular flexibility index (Phi) is 4.58. The third kappa shape index (κ3) is 3.35.